The summed E-state index contributed by atoms with van der Waals surface area (Å²) in [7, 11) is -3.31. The lowest BCUT2D eigenvalue weighted by Crippen LogP contribution is -2.46. The quantitative estimate of drug-likeness (QED) is 0.640. The van der Waals surface area contributed by atoms with Gasteiger partial charge in [0.05, 0.1) is 36.1 Å². The molecule has 116 valence electrons. The average molecular weight is 374 g/mol. The minimum absolute atomic E-state index is 0.174. The van der Waals surface area contributed by atoms with Crippen molar-refractivity contribution in [2.75, 3.05) is 11.5 Å². The van der Waals surface area contributed by atoms with Gasteiger partial charge in [0, 0.05) is 11.8 Å². The van der Waals surface area contributed by atoms with Gasteiger partial charge in [0.25, 0.3) is 9.70 Å². The minimum Gasteiger partial charge on any atom is -0.472 e. The molecule has 2 rings (SSSR count). The van der Waals surface area contributed by atoms with Gasteiger partial charge in [-0.2, -0.15) is 0 Å². The molecule has 1 N–H and O–H groups in total. The van der Waals surface area contributed by atoms with Crippen LogP contribution in [0.1, 0.15) is 5.56 Å². The fourth-order valence-corrected chi connectivity index (χ4v) is 3.89. The van der Waals surface area contributed by atoms with Gasteiger partial charge < -0.3 is 9.73 Å². The topological polar surface area (TPSA) is 88.7 Å². The Balaban J connectivity index is 2.12. The van der Waals surface area contributed by atoms with Gasteiger partial charge in [-0.25, -0.2) is 8.42 Å². The van der Waals surface area contributed by atoms with Gasteiger partial charge in [-0.05, 0) is 6.07 Å². The molecule has 1 aliphatic rings. The van der Waals surface area contributed by atoms with Gasteiger partial charge >= 0.3 is 0 Å². The Labute approximate surface area is 136 Å². The van der Waals surface area contributed by atoms with Crippen molar-refractivity contribution >= 4 is 56.8 Å². The standard InChI is InChI=1S/C11H11Cl3N2O4S/c12-11(13,14)10(17)16-9-6-21(18,19)5-8(9)15-3-7-1-2-20-4-7/h1-4,8-9H,5-6H2,(H,16,17). The predicted octanol–water partition coefficient (Wildman–Crippen LogP) is 1.35. The van der Waals surface area contributed by atoms with E-state index in [1.165, 1.54) is 18.7 Å². The first-order valence-electron chi connectivity index (χ1n) is 5.81. The van der Waals surface area contributed by atoms with E-state index in [4.69, 9.17) is 39.2 Å². The Hall–Kier alpha value is -0.760. The maximum Gasteiger partial charge on any atom is 0.272 e. The number of carbonyl (C=O) groups is 1. The van der Waals surface area contributed by atoms with Crippen molar-refractivity contribution in [3.8, 4) is 0 Å². The van der Waals surface area contributed by atoms with Gasteiger partial charge in [0.2, 0.25) is 0 Å². The molecule has 2 heterocycles. The van der Waals surface area contributed by atoms with Crippen molar-refractivity contribution < 1.29 is 17.6 Å². The van der Waals surface area contributed by atoms with Crippen LogP contribution >= 0.6 is 34.8 Å². The van der Waals surface area contributed by atoms with Gasteiger partial charge in [-0.3, -0.25) is 9.79 Å². The van der Waals surface area contributed by atoms with E-state index in [-0.39, 0.29) is 11.5 Å². The lowest BCUT2D eigenvalue weighted by molar-refractivity contribution is -0.120. The first kappa shape index (κ1) is 16.6. The van der Waals surface area contributed by atoms with Crippen molar-refractivity contribution in [3.63, 3.8) is 0 Å². The number of furan rings is 1. The monoisotopic (exact) mass is 372 g/mol. The van der Waals surface area contributed by atoms with E-state index in [0.717, 1.165) is 0 Å². The fourth-order valence-electron chi connectivity index (χ4n) is 1.89. The Bertz CT molecular complexity index is 637. The van der Waals surface area contributed by atoms with Crippen LogP contribution < -0.4 is 5.32 Å². The SMILES string of the molecule is O=C(NC1CS(=O)(=O)CC1N=Cc1ccoc1)C(Cl)(Cl)Cl. The molecule has 1 aromatic rings. The Morgan fingerprint density at radius 2 is 2.14 bits per heavy atom. The minimum atomic E-state index is -3.31. The van der Waals surface area contributed by atoms with Crippen LogP contribution in [0, 0.1) is 0 Å². The van der Waals surface area contributed by atoms with E-state index < -0.39 is 31.6 Å². The third-order valence-corrected chi connectivity index (χ3v) is 5.09. The number of halogens is 3. The molecular formula is C11H11Cl3N2O4S. The molecule has 0 spiro atoms. The highest BCUT2D eigenvalue weighted by atomic mass is 35.6. The van der Waals surface area contributed by atoms with Crippen LogP contribution in [0.25, 0.3) is 0 Å². The lowest BCUT2D eigenvalue weighted by atomic mass is 10.2. The largest absolute Gasteiger partial charge is 0.472 e. The van der Waals surface area contributed by atoms with Crippen molar-refractivity contribution in [2.45, 2.75) is 15.9 Å². The van der Waals surface area contributed by atoms with E-state index >= 15 is 0 Å². The third-order valence-electron chi connectivity index (χ3n) is 2.85. The maximum atomic E-state index is 11.7. The molecule has 0 aliphatic carbocycles. The first-order valence-corrected chi connectivity index (χ1v) is 8.76. The van der Waals surface area contributed by atoms with Crippen molar-refractivity contribution in [1.29, 1.82) is 0 Å². The van der Waals surface area contributed by atoms with Crippen LogP contribution in [0.5, 0.6) is 0 Å². The first-order chi connectivity index (χ1) is 9.67. The second-order valence-electron chi connectivity index (χ2n) is 4.56. The number of nitrogens with one attached hydrogen (secondary N) is 1. The zero-order chi connectivity index (χ0) is 15.7. The molecule has 0 aromatic carbocycles. The Kier molecular flexibility index (Phi) is 4.87. The number of rotatable bonds is 3. The van der Waals surface area contributed by atoms with Crippen LogP contribution in [-0.2, 0) is 14.6 Å². The number of nitrogens with zero attached hydrogens (tertiary/aromatic N) is 1. The van der Waals surface area contributed by atoms with Crippen LogP contribution in [0.15, 0.2) is 28.0 Å². The molecule has 0 radical (unpaired) electrons. The number of hydrogen-bond acceptors (Lipinski definition) is 5. The van der Waals surface area contributed by atoms with Crippen LogP contribution in [0.4, 0.5) is 0 Å². The molecule has 6 nitrogen and oxygen atoms in total. The molecule has 1 fully saturated rings. The summed E-state index contributed by atoms with van der Waals surface area (Å²) >= 11 is 16.4. The van der Waals surface area contributed by atoms with E-state index in [9.17, 15) is 13.2 Å². The zero-order valence-electron chi connectivity index (χ0n) is 10.5. The molecule has 0 bridgehead atoms. The molecule has 0 saturated carbocycles. The molecule has 2 unspecified atom stereocenters. The van der Waals surface area contributed by atoms with Crippen LogP contribution in [0.2, 0.25) is 0 Å². The second-order valence-corrected chi connectivity index (χ2v) is 8.99. The molecule has 1 aliphatic heterocycles. The summed E-state index contributed by atoms with van der Waals surface area (Å²) in [5.41, 5.74) is 0.686. The summed E-state index contributed by atoms with van der Waals surface area (Å²) < 4.78 is 26.1. The number of carbonyl (C=O) groups excluding carboxylic acids is 1. The van der Waals surface area contributed by atoms with Crippen molar-refractivity contribution in [1.82, 2.24) is 5.32 Å². The number of sulfone groups is 1. The smallest absolute Gasteiger partial charge is 0.272 e. The molecule has 1 aromatic heterocycles. The normalized spacial score (nSPS) is 25.3. The average Bonchev–Trinajstić information content (AvgIpc) is 2.93. The fraction of sp³-hybridized carbons (Fsp3) is 0.455. The van der Waals surface area contributed by atoms with Crippen molar-refractivity contribution in [2.24, 2.45) is 4.99 Å². The van der Waals surface area contributed by atoms with Crippen LogP contribution in [0.3, 0.4) is 0 Å². The number of hydrogen-bond donors (Lipinski definition) is 1. The van der Waals surface area contributed by atoms with E-state index in [1.54, 1.807) is 6.07 Å². The van der Waals surface area contributed by atoms with Crippen molar-refractivity contribution in [3.05, 3.63) is 24.2 Å². The molecule has 10 heteroatoms. The highest BCUT2D eigenvalue weighted by Crippen LogP contribution is 2.27. The molecule has 1 amide bonds. The molecule has 2 atom stereocenters. The third kappa shape index (κ3) is 4.60. The Morgan fingerprint density at radius 3 is 2.71 bits per heavy atom. The highest BCUT2D eigenvalue weighted by molar-refractivity contribution is 7.91. The summed E-state index contributed by atoms with van der Waals surface area (Å²) in [6.45, 7) is 0. The summed E-state index contributed by atoms with van der Waals surface area (Å²) in [6, 6.07) is 0.296. The van der Waals surface area contributed by atoms with Gasteiger partial charge in [0.1, 0.15) is 0 Å². The van der Waals surface area contributed by atoms with E-state index in [2.05, 4.69) is 10.3 Å². The number of amides is 1. The van der Waals surface area contributed by atoms with Crippen LogP contribution in [-0.4, -0.2) is 47.9 Å². The second kappa shape index (κ2) is 6.16. The van der Waals surface area contributed by atoms with Gasteiger partial charge in [-0.15, -0.1) is 0 Å². The number of aliphatic imine (C=N–C) groups is 1. The summed E-state index contributed by atoms with van der Waals surface area (Å²) in [4.78, 5) is 15.8. The van der Waals surface area contributed by atoms with E-state index in [0.29, 0.717) is 5.56 Å². The molecule has 21 heavy (non-hydrogen) atoms. The van der Waals surface area contributed by atoms with E-state index in [1.807, 2.05) is 0 Å². The number of alkyl halides is 3. The maximum absolute atomic E-state index is 11.7. The Morgan fingerprint density at radius 1 is 1.43 bits per heavy atom. The summed E-state index contributed by atoms with van der Waals surface area (Å²) in [5.74, 6) is -1.29. The zero-order valence-corrected chi connectivity index (χ0v) is 13.6. The predicted molar refractivity (Wildman–Crippen MR) is 81.0 cm³/mol. The summed E-state index contributed by atoms with van der Waals surface area (Å²) in [5, 5.41) is 2.40. The summed E-state index contributed by atoms with van der Waals surface area (Å²) in [6.07, 6.45) is 4.40. The molecular weight excluding hydrogens is 363 g/mol. The molecule has 1 saturated heterocycles. The van der Waals surface area contributed by atoms with Gasteiger partial charge in [-0.1, -0.05) is 34.8 Å². The highest BCUT2D eigenvalue weighted by Gasteiger charge is 2.41. The lowest BCUT2D eigenvalue weighted by Gasteiger charge is -2.19. The van der Waals surface area contributed by atoms with Gasteiger partial charge in [0.15, 0.2) is 9.84 Å².